The van der Waals surface area contributed by atoms with Crippen molar-refractivity contribution >= 4 is 27.0 Å². The summed E-state index contributed by atoms with van der Waals surface area (Å²) in [6.45, 7) is 1.07. The number of nitrogens with one attached hydrogen (secondary N) is 1. The Hall–Kier alpha value is -2.72. The summed E-state index contributed by atoms with van der Waals surface area (Å²) in [4.78, 5) is 7.33. The molecular weight excluding hydrogens is 475 g/mol. The van der Waals surface area contributed by atoms with E-state index in [4.69, 9.17) is 4.74 Å². The van der Waals surface area contributed by atoms with Crippen molar-refractivity contribution in [3.8, 4) is 11.4 Å². The molecule has 0 aliphatic carbocycles. The highest BCUT2D eigenvalue weighted by molar-refractivity contribution is 9.10. The fraction of sp³-hybridized carbons (Fsp3) is 0.286. The maximum atomic E-state index is 13.5. The molecule has 2 aromatic carbocycles. The van der Waals surface area contributed by atoms with Gasteiger partial charge in [-0.15, -0.1) is 10.2 Å². The zero-order valence-corrected chi connectivity index (χ0v) is 18.0. The lowest BCUT2D eigenvalue weighted by Gasteiger charge is -2.41. The lowest BCUT2D eigenvalue weighted by Crippen LogP contribution is -2.49. The van der Waals surface area contributed by atoms with Crippen LogP contribution in [-0.2, 0) is 29.8 Å². The molecule has 0 radical (unpaired) electrons. The molecule has 0 bridgehead atoms. The van der Waals surface area contributed by atoms with E-state index in [1.165, 1.54) is 0 Å². The Morgan fingerprint density at radius 1 is 1.23 bits per heavy atom. The van der Waals surface area contributed by atoms with Crippen LogP contribution in [0.3, 0.4) is 0 Å². The highest BCUT2D eigenvalue weighted by Gasteiger charge is 2.42. The van der Waals surface area contributed by atoms with Gasteiger partial charge in [0.15, 0.2) is 0 Å². The van der Waals surface area contributed by atoms with Gasteiger partial charge in [0.25, 0.3) is 0 Å². The number of aromatic amines is 1. The predicted molar refractivity (Wildman–Crippen MR) is 111 cm³/mol. The van der Waals surface area contributed by atoms with E-state index < -0.39 is 11.7 Å². The molecule has 2 aromatic heterocycles. The van der Waals surface area contributed by atoms with E-state index >= 15 is 0 Å². The lowest BCUT2D eigenvalue weighted by molar-refractivity contribution is -0.136. The van der Waals surface area contributed by atoms with Gasteiger partial charge in [-0.05, 0) is 23.8 Å². The average molecular weight is 492 g/mol. The van der Waals surface area contributed by atoms with Crippen molar-refractivity contribution in [1.29, 1.82) is 0 Å². The molecule has 0 amide bonds. The molecule has 0 unspecified atom stereocenters. The molecule has 1 N–H and O–H groups in total. The SMILES string of the molecule is Cn1cnnc1CC1(c2cccc(-c3nc4c(C(F)(F)F)cc(Br)cc4[nH]3)c2)COC1. The Balaban J connectivity index is 1.56. The predicted octanol–water partition coefficient (Wildman–Crippen LogP) is 4.65. The van der Waals surface area contributed by atoms with E-state index in [0.717, 1.165) is 17.5 Å². The van der Waals surface area contributed by atoms with Crippen molar-refractivity contribution in [2.24, 2.45) is 7.05 Å². The van der Waals surface area contributed by atoms with Crippen LogP contribution >= 0.6 is 15.9 Å². The quantitative estimate of drug-likeness (QED) is 0.451. The number of nitrogens with zero attached hydrogens (tertiary/aromatic N) is 4. The van der Waals surface area contributed by atoms with Gasteiger partial charge in [-0.1, -0.05) is 34.1 Å². The Morgan fingerprint density at radius 2 is 2.03 bits per heavy atom. The number of hydrogen-bond donors (Lipinski definition) is 1. The summed E-state index contributed by atoms with van der Waals surface area (Å²) < 4.78 is 48.2. The van der Waals surface area contributed by atoms with Crippen LogP contribution in [0.1, 0.15) is 17.0 Å². The molecule has 10 heteroatoms. The topological polar surface area (TPSA) is 68.6 Å². The van der Waals surface area contributed by atoms with Crippen molar-refractivity contribution in [3.05, 3.63) is 64.1 Å². The summed E-state index contributed by atoms with van der Waals surface area (Å²) in [5.74, 6) is 1.23. The van der Waals surface area contributed by atoms with Crippen molar-refractivity contribution < 1.29 is 17.9 Å². The zero-order valence-electron chi connectivity index (χ0n) is 16.4. The molecule has 0 saturated carbocycles. The summed E-state index contributed by atoms with van der Waals surface area (Å²) in [6, 6.07) is 10.3. The second-order valence-electron chi connectivity index (χ2n) is 7.82. The van der Waals surface area contributed by atoms with Gasteiger partial charge in [0.1, 0.15) is 23.5 Å². The van der Waals surface area contributed by atoms with E-state index in [0.29, 0.717) is 41.0 Å². The molecule has 0 atom stereocenters. The van der Waals surface area contributed by atoms with Crippen LogP contribution in [0.25, 0.3) is 22.4 Å². The van der Waals surface area contributed by atoms with Gasteiger partial charge in [-0.25, -0.2) is 4.98 Å². The maximum absolute atomic E-state index is 13.5. The first-order valence-corrected chi connectivity index (χ1v) is 10.3. The molecular formula is C21H17BrF3N5O. The number of H-pyrrole nitrogens is 1. The van der Waals surface area contributed by atoms with Gasteiger partial charge >= 0.3 is 6.18 Å². The number of aryl methyl sites for hydroxylation is 1. The number of benzene rings is 2. The summed E-state index contributed by atoms with van der Waals surface area (Å²) in [6.07, 6.45) is -2.19. The minimum atomic E-state index is -4.50. The maximum Gasteiger partial charge on any atom is 0.418 e. The van der Waals surface area contributed by atoms with Crippen LogP contribution < -0.4 is 0 Å². The Bertz CT molecular complexity index is 1280. The third-order valence-corrected chi connectivity index (χ3v) is 6.12. The first kappa shape index (κ1) is 20.2. The van der Waals surface area contributed by atoms with Gasteiger partial charge in [0.05, 0.1) is 24.3 Å². The minimum absolute atomic E-state index is 0.100. The summed E-state index contributed by atoms with van der Waals surface area (Å²) in [5.41, 5.74) is 0.920. The molecule has 160 valence electrons. The molecule has 5 rings (SSSR count). The number of hydrogen-bond acceptors (Lipinski definition) is 4. The minimum Gasteiger partial charge on any atom is -0.379 e. The molecule has 4 aromatic rings. The van der Waals surface area contributed by atoms with Crippen molar-refractivity contribution in [3.63, 3.8) is 0 Å². The largest absolute Gasteiger partial charge is 0.418 e. The number of ether oxygens (including phenoxy) is 1. The average Bonchev–Trinajstić information content (AvgIpc) is 3.29. The normalized spacial score (nSPS) is 15.9. The van der Waals surface area contributed by atoms with Gasteiger partial charge in [0.2, 0.25) is 0 Å². The van der Waals surface area contributed by atoms with E-state index in [1.54, 1.807) is 12.4 Å². The zero-order chi connectivity index (χ0) is 21.8. The Kier molecular flexibility index (Phi) is 4.67. The first-order valence-electron chi connectivity index (χ1n) is 9.53. The standard InChI is InChI=1S/C21H17BrF3N5O/c1-30-11-26-29-17(30)8-20(9-31-10-20)13-4-2-3-12(5-13)19-27-16-7-14(22)6-15(18(16)28-19)21(23,24)25/h2-7,11H,8-10H2,1H3,(H,27,28). The Labute approximate surface area is 183 Å². The molecule has 31 heavy (non-hydrogen) atoms. The number of fused-ring (bicyclic) bond motifs is 1. The van der Waals surface area contributed by atoms with E-state index in [1.807, 2.05) is 35.9 Å². The number of alkyl halides is 3. The lowest BCUT2D eigenvalue weighted by atomic mass is 9.75. The van der Waals surface area contributed by atoms with Gasteiger partial charge in [0, 0.05) is 28.9 Å². The molecule has 1 aliphatic rings. The van der Waals surface area contributed by atoms with Gasteiger partial charge in [-0.3, -0.25) is 0 Å². The van der Waals surface area contributed by atoms with Gasteiger partial charge < -0.3 is 14.3 Å². The van der Waals surface area contributed by atoms with Crippen molar-refractivity contribution in [2.45, 2.75) is 18.0 Å². The van der Waals surface area contributed by atoms with Crippen LogP contribution in [0, 0.1) is 0 Å². The van der Waals surface area contributed by atoms with E-state index in [2.05, 4.69) is 36.1 Å². The third-order valence-electron chi connectivity index (χ3n) is 5.66. The second-order valence-corrected chi connectivity index (χ2v) is 8.74. The fourth-order valence-electron chi connectivity index (χ4n) is 3.92. The second kappa shape index (κ2) is 7.16. The van der Waals surface area contributed by atoms with Crippen molar-refractivity contribution in [2.75, 3.05) is 13.2 Å². The van der Waals surface area contributed by atoms with Crippen LogP contribution in [0.5, 0.6) is 0 Å². The number of aromatic nitrogens is 5. The molecule has 3 heterocycles. The summed E-state index contributed by atoms with van der Waals surface area (Å²) in [7, 11) is 1.89. The Morgan fingerprint density at radius 3 is 2.68 bits per heavy atom. The third kappa shape index (κ3) is 3.53. The first-order chi connectivity index (χ1) is 14.7. The van der Waals surface area contributed by atoms with Crippen LogP contribution in [0.15, 0.2) is 47.2 Å². The number of rotatable bonds is 4. The van der Waals surface area contributed by atoms with Crippen molar-refractivity contribution in [1.82, 2.24) is 24.7 Å². The van der Waals surface area contributed by atoms with Crippen LogP contribution in [0.2, 0.25) is 0 Å². The molecule has 0 spiro atoms. The van der Waals surface area contributed by atoms with Gasteiger partial charge in [-0.2, -0.15) is 13.2 Å². The smallest absolute Gasteiger partial charge is 0.379 e. The van der Waals surface area contributed by atoms with E-state index in [-0.39, 0.29) is 10.9 Å². The number of imidazole rings is 1. The summed E-state index contributed by atoms with van der Waals surface area (Å²) in [5, 5.41) is 8.13. The molecule has 1 fully saturated rings. The summed E-state index contributed by atoms with van der Waals surface area (Å²) >= 11 is 3.16. The number of halogens is 4. The van der Waals surface area contributed by atoms with E-state index in [9.17, 15) is 13.2 Å². The van der Waals surface area contributed by atoms with Crippen LogP contribution in [-0.4, -0.2) is 37.9 Å². The highest BCUT2D eigenvalue weighted by Crippen LogP contribution is 2.39. The molecule has 1 saturated heterocycles. The monoisotopic (exact) mass is 491 g/mol. The molecule has 1 aliphatic heterocycles. The highest BCUT2D eigenvalue weighted by atomic mass is 79.9. The fourth-order valence-corrected chi connectivity index (χ4v) is 4.38. The molecule has 6 nitrogen and oxygen atoms in total. The van der Waals surface area contributed by atoms with Crippen LogP contribution in [0.4, 0.5) is 13.2 Å².